The zero-order valence-corrected chi connectivity index (χ0v) is 9.22. The molecule has 78 valence electrons. The Morgan fingerprint density at radius 2 is 2.20 bits per heavy atom. The number of aldehydes is 1. The second-order valence-electron chi connectivity index (χ2n) is 4.09. The molecule has 1 aromatic rings. The molecule has 1 saturated carbocycles. The number of aryl methyl sites for hydroxylation is 1. The van der Waals surface area contributed by atoms with Crippen LogP contribution in [0.2, 0.25) is 0 Å². The van der Waals surface area contributed by atoms with Gasteiger partial charge in [0.25, 0.3) is 0 Å². The van der Waals surface area contributed by atoms with Crippen LogP contribution < -0.4 is 0 Å². The summed E-state index contributed by atoms with van der Waals surface area (Å²) < 4.78 is 0. The summed E-state index contributed by atoms with van der Waals surface area (Å²) in [6.07, 6.45) is 4.25. The number of hydrogen-bond donors (Lipinski definition) is 0. The van der Waals surface area contributed by atoms with E-state index in [0.29, 0.717) is 11.6 Å². The van der Waals surface area contributed by atoms with Gasteiger partial charge >= 0.3 is 0 Å². The molecular formula is C11H12N2OS. The fourth-order valence-electron chi connectivity index (χ4n) is 1.90. The highest BCUT2D eigenvalue weighted by atomic mass is 32.2. The minimum absolute atomic E-state index is 0.531. The van der Waals surface area contributed by atoms with E-state index in [9.17, 15) is 4.79 Å². The third-order valence-electron chi connectivity index (χ3n) is 2.93. The van der Waals surface area contributed by atoms with Gasteiger partial charge in [0.1, 0.15) is 11.5 Å². The summed E-state index contributed by atoms with van der Waals surface area (Å²) in [7, 11) is 0. The molecule has 0 unspecified atom stereocenters. The van der Waals surface area contributed by atoms with E-state index in [1.807, 2.05) is 11.8 Å². The van der Waals surface area contributed by atoms with Gasteiger partial charge in [-0.25, -0.2) is 9.97 Å². The third-order valence-corrected chi connectivity index (χ3v) is 3.91. The van der Waals surface area contributed by atoms with E-state index < -0.39 is 0 Å². The van der Waals surface area contributed by atoms with Crippen LogP contribution in [0.3, 0.4) is 0 Å². The molecule has 0 saturated heterocycles. The molecule has 0 amide bonds. The zero-order valence-electron chi connectivity index (χ0n) is 8.40. The van der Waals surface area contributed by atoms with Crippen LogP contribution in [0, 0.1) is 0 Å². The average molecular weight is 220 g/mol. The summed E-state index contributed by atoms with van der Waals surface area (Å²) >= 11 is 1.86. The SMILES string of the molecule is O=Cc1nc(C2CC2)nc2c1CSCC2. The molecule has 3 rings (SSSR count). The molecule has 1 aliphatic carbocycles. The predicted octanol–water partition coefficient (Wildman–Crippen LogP) is 1.96. The topological polar surface area (TPSA) is 42.9 Å². The maximum absolute atomic E-state index is 11.0. The van der Waals surface area contributed by atoms with Crippen LogP contribution in [0.4, 0.5) is 0 Å². The van der Waals surface area contributed by atoms with Gasteiger partial charge < -0.3 is 0 Å². The summed E-state index contributed by atoms with van der Waals surface area (Å²) in [6.45, 7) is 0. The third kappa shape index (κ3) is 1.67. The maximum atomic E-state index is 11.0. The van der Waals surface area contributed by atoms with E-state index in [-0.39, 0.29) is 0 Å². The van der Waals surface area contributed by atoms with E-state index in [1.54, 1.807) is 0 Å². The van der Waals surface area contributed by atoms with Crippen molar-refractivity contribution in [1.29, 1.82) is 0 Å². The van der Waals surface area contributed by atoms with Gasteiger partial charge in [-0.3, -0.25) is 4.79 Å². The molecular weight excluding hydrogens is 208 g/mol. The van der Waals surface area contributed by atoms with Gasteiger partial charge in [0.05, 0.1) is 0 Å². The molecule has 1 aliphatic heterocycles. The van der Waals surface area contributed by atoms with Crippen molar-refractivity contribution in [2.24, 2.45) is 0 Å². The number of carbonyl (C=O) groups excluding carboxylic acids is 1. The number of nitrogens with zero attached hydrogens (tertiary/aromatic N) is 2. The predicted molar refractivity (Wildman–Crippen MR) is 59.3 cm³/mol. The van der Waals surface area contributed by atoms with Gasteiger partial charge in [-0.15, -0.1) is 0 Å². The van der Waals surface area contributed by atoms with E-state index in [2.05, 4.69) is 9.97 Å². The van der Waals surface area contributed by atoms with Crippen LogP contribution in [0.1, 0.15) is 46.3 Å². The Labute approximate surface area is 92.7 Å². The Bertz CT molecular complexity index is 415. The fraction of sp³-hybridized carbons (Fsp3) is 0.545. The molecule has 0 aromatic carbocycles. The van der Waals surface area contributed by atoms with Crippen LogP contribution in [0.25, 0.3) is 0 Å². The molecule has 3 nitrogen and oxygen atoms in total. The maximum Gasteiger partial charge on any atom is 0.168 e. The van der Waals surface area contributed by atoms with Crippen molar-refractivity contribution >= 4 is 18.0 Å². The second-order valence-corrected chi connectivity index (χ2v) is 5.19. The van der Waals surface area contributed by atoms with Crippen LogP contribution in [0.5, 0.6) is 0 Å². The number of carbonyl (C=O) groups is 1. The van der Waals surface area contributed by atoms with Crippen molar-refractivity contribution in [3.8, 4) is 0 Å². The molecule has 0 N–H and O–H groups in total. The molecule has 15 heavy (non-hydrogen) atoms. The smallest absolute Gasteiger partial charge is 0.168 e. The molecule has 2 heterocycles. The molecule has 0 bridgehead atoms. The zero-order chi connectivity index (χ0) is 10.3. The lowest BCUT2D eigenvalue weighted by Crippen LogP contribution is -2.13. The number of fused-ring (bicyclic) bond motifs is 1. The highest BCUT2D eigenvalue weighted by molar-refractivity contribution is 7.98. The van der Waals surface area contributed by atoms with Gasteiger partial charge in [0.2, 0.25) is 0 Å². The Balaban J connectivity index is 2.10. The van der Waals surface area contributed by atoms with Crippen molar-refractivity contribution in [2.45, 2.75) is 30.9 Å². The Hall–Kier alpha value is -0.900. The Morgan fingerprint density at radius 3 is 2.93 bits per heavy atom. The first-order chi connectivity index (χ1) is 7.38. The van der Waals surface area contributed by atoms with Gasteiger partial charge in [0.15, 0.2) is 6.29 Å². The molecule has 4 heteroatoms. The lowest BCUT2D eigenvalue weighted by Gasteiger charge is -2.16. The fourth-order valence-corrected chi connectivity index (χ4v) is 2.90. The van der Waals surface area contributed by atoms with Crippen molar-refractivity contribution in [3.05, 3.63) is 22.8 Å². The minimum Gasteiger partial charge on any atom is -0.296 e. The normalized spacial score (nSPS) is 19.7. The lowest BCUT2D eigenvalue weighted by atomic mass is 10.1. The molecule has 1 fully saturated rings. The highest BCUT2D eigenvalue weighted by Gasteiger charge is 2.29. The first kappa shape index (κ1) is 9.33. The van der Waals surface area contributed by atoms with Gasteiger partial charge in [-0.05, 0) is 25.0 Å². The van der Waals surface area contributed by atoms with Crippen molar-refractivity contribution in [1.82, 2.24) is 9.97 Å². The molecule has 0 radical (unpaired) electrons. The van der Waals surface area contributed by atoms with Crippen molar-refractivity contribution < 1.29 is 4.79 Å². The van der Waals surface area contributed by atoms with E-state index in [1.165, 1.54) is 12.8 Å². The van der Waals surface area contributed by atoms with Crippen molar-refractivity contribution in [3.63, 3.8) is 0 Å². The van der Waals surface area contributed by atoms with Gasteiger partial charge in [0, 0.05) is 22.9 Å². The average Bonchev–Trinajstić information content (AvgIpc) is 3.11. The lowest BCUT2D eigenvalue weighted by molar-refractivity contribution is 0.111. The van der Waals surface area contributed by atoms with Crippen LogP contribution in [-0.4, -0.2) is 22.0 Å². The highest BCUT2D eigenvalue weighted by Crippen LogP contribution is 2.39. The first-order valence-electron chi connectivity index (χ1n) is 5.31. The largest absolute Gasteiger partial charge is 0.296 e. The van der Waals surface area contributed by atoms with Crippen LogP contribution in [0.15, 0.2) is 0 Å². The monoisotopic (exact) mass is 220 g/mol. The quantitative estimate of drug-likeness (QED) is 0.714. The Kier molecular flexibility index (Phi) is 2.24. The summed E-state index contributed by atoms with van der Waals surface area (Å²) in [6, 6.07) is 0. The Morgan fingerprint density at radius 1 is 1.33 bits per heavy atom. The molecule has 0 spiro atoms. The molecule has 0 atom stereocenters. The van der Waals surface area contributed by atoms with E-state index in [0.717, 1.165) is 41.3 Å². The number of thioether (sulfide) groups is 1. The second kappa shape index (κ2) is 3.59. The first-order valence-corrected chi connectivity index (χ1v) is 6.46. The van der Waals surface area contributed by atoms with Crippen LogP contribution >= 0.6 is 11.8 Å². The summed E-state index contributed by atoms with van der Waals surface area (Å²) in [5, 5.41) is 0. The summed E-state index contributed by atoms with van der Waals surface area (Å²) in [4.78, 5) is 19.9. The number of hydrogen-bond acceptors (Lipinski definition) is 4. The summed E-state index contributed by atoms with van der Waals surface area (Å²) in [5.74, 6) is 3.45. The van der Waals surface area contributed by atoms with Gasteiger partial charge in [-0.2, -0.15) is 11.8 Å². The molecule has 1 aromatic heterocycles. The summed E-state index contributed by atoms with van der Waals surface area (Å²) in [5.41, 5.74) is 2.83. The standard InChI is InChI=1S/C11H12N2OS/c14-5-10-8-6-15-4-3-9(8)12-11(13-10)7-1-2-7/h5,7H,1-4,6H2. The number of rotatable bonds is 2. The van der Waals surface area contributed by atoms with E-state index in [4.69, 9.17) is 0 Å². The number of aromatic nitrogens is 2. The van der Waals surface area contributed by atoms with Crippen molar-refractivity contribution in [2.75, 3.05) is 5.75 Å². The van der Waals surface area contributed by atoms with Crippen LogP contribution in [-0.2, 0) is 12.2 Å². The van der Waals surface area contributed by atoms with E-state index >= 15 is 0 Å². The minimum atomic E-state index is 0.531. The molecule has 2 aliphatic rings. The van der Waals surface area contributed by atoms with Gasteiger partial charge in [-0.1, -0.05) is 0 Å².